The highest BCUT2D eigenvalue weighted by atomic mass is 16.7. The number of aliphatic hydroxyl groups is 6. The number of nitrogens with one attached hydrogen (secondary N) is 1. The molecular weight excluding hydrogens is 630 g/mol. The highest BCUT2D eigenvalue weighted by Gasteiger charge is 2.51. The zero-order valence-corrected chi connectivity index (χ0v) is 26.1. The summed E-state index contributed by atoms with van der Waals surface area (Å²) in [5.41, 5.74) is 0.255. The number of aromatic hydroxyl groups is 2. The number of carbonyl (C=O) groups is 2. The lowest BCUT2D eigenvalue weighted by Crippen LogP contribution is -2.68. The standard InChI is InChI=1S/C30H47NO16/c1-42-21(36)8-6-4-2-3-5-7-9-43-28-22(31-30(41)44-15-16-10-17(34)12-18(35)11-16)27(24(38)20(14-33)45-28)47-29-26(40)25(39)23(37)19(13-32)46-29/h10-12,19-20,22-29,32-35,37-40H,2-9,13-15H2,1H3,(H,31,41)/t19?,20?,22?,23-,24+,25?,26?,27?,28+,29?/m0/s1. The first kappa shape index (κ1) is 38.6. The minimum atomic E-state index is -1.84. The van der Waals surface area contributed by atoms with E-state index in [4.69, 9.17) is 23.7 Å². The van der Waals surface area contributed by atoms with Gasteiger partial charge in [0, 0.05) is 19.1 Å². The van der Waals surface area contributed by atoms with Gasteiger partial charge in [0.05, 0.1) is 20.3 Å². The molecule has 17 heteroatoms. The molecule has 2 aliphatic rings. The molecule has 17 nitrogen and oxygen atoms in total. The second-order valence-corrected chi connectivity index (χ2v) is 11.4. The van der Waals surface area contributed by atoms with Crippen molar-refractivity contribution in [3.8, 4) is 11.5 Å². The molecule has 2 fully saturated rings. The predicted octanol–water partition coefficient (Wildman–Crippen LogP) is -1.12. The Morgan fingerprint density at radius 2 is 1.38 bits per heavy atom. The molecule has 9 N–H and O–H groups in total. The van der Waals surface area contributed by atoms with Crippen LogP contribution in [0.5, 0.6) is 11.5 Å². The van der Waals surface area contributed by atoms with Crippen molar-refractivity contribution in [1.82, 2.24) is 5.32 Å². The third-order valence-corrected chi connectivity index (χ3v) is 7.90. The average molecular weight is 678 g/mol. The van der Waals surface area contributed by atoms with Gasteiger partial charge in [-0.05, 0) is 30.5 Å². The molecule has 1 aromatic carbocycles. The van der Waals surface area contributed by atoms with Crippen molar-refractivity contribution in [2.24, 2.45) is 0 Å². The van der Waals surface area contributed by atoms with Crippen molar-refractivity contribution in [2.45, 2.75) is 113 Å². The Labute approximate surface area is 271 Å². The molecule has 2 saturated heterocycles. The highest BCUT2D eigenvalue weighted by Crippen LogP contribution is 2.30. The number of hydrogen-bond acceptors (Lipinski definition) is 16. The van der Waals surface area contributed by atoms with Gasteiger partial charge in [0.25, 0.3) is 0 Å². The van der Waals surface area contributed by atoms with Crippen LogP contribution in [-0.4, -0.2) is 141 Å². The number of amides is 1. The number of hydrogen-bond donors (Lipinski definition) is 9. The molecule has 47 heavy (non-hydrogen) atoms. The molecule has 3 rings (SSSR count). The van der Waals surface area contributed by atoms with Crippen LogP contribution in [0.2, 0.25) is 0 Å². The molecule has 0 aromatic heterocycles. The summed E-state index contributed by atoms with van der Waals surface area (Å²) in [4.78, 5) is 24.2. The van der Waals surface area contributed by atoms with Crippen molar-refractivity contribution >= 4 is 12.1 Å². The van der Waals surface area contributed by atoms with E-state index in [0.29, 0.717) is 12.8 Å². The molecule has 0 saturated carbocycles. The number of ether oxygens (including phenoxy) is 6. The van der Waals surface area contributed by atoms with Crippen LogP contribution in [0, 0.1) is 0 Å². The monoisotopic (exact) mass is 677 g/mol. The van der Waals surface area contributed by atoms with E-state index in [9.17, 15) is 50.4 Å². The van der Waals surface area contributed by atoms with Gasteiger partial charge in [0.1, 0.15) is 66.9 Å². The molecule has 0 radical (unpaired) electrons. The third-order valence-electron chi connectivity index (χ3n) is 7.90. The summed E-state index contributed by atoms with van der Waals surface area (Å²) in [7, 11) is 1.35. The second kappa shape index (κ2) is 19.2. The summed E-state index contributed by atoms with van der Waals surface area (Å²) in [6.07, 6.45) is -10.2. The average Bonchev–Trinajstić information content (AvgIpc) is 3.04. The number of unbranched alkanes of at least 4 members (excludes halogenated alkanes) is 5. The molecule has 10 atom stereocenters. The van der Waals surface area contributed by atoms with Gasteiger partial charge in [0.15, 0.2) is 12.6 Å². The lowest BCUT2D eigenvalue weighted by atomic mass is 9.95. The van der Waals surface area contributed by atoms with Crippen molar-refractivity contribution in [3.63, 3.8) is 0 Å². The van der Waals surface area contributed by atoms with Gasteiger partial charge in [-0.25, -0.2) is 4.79 Å². The Morgan fingerprint density at radius 3 is 2.02 bits per heavy atom. The fourth-order valence-corrected chi connectivity index (χ4v) is 5.31. The molecule has 2 heterocycles. The summed E-state index contributed by atoms with van der Waals surface area (Å²) < 4.78 is 32.8. The number of methoxy groups -OCH3 is 1. The smallest absolute Gasteiger partial charge is 0.407 e. The Morgan fingerprint density at radius 1 is 0.787 bits per heavy atom. The summed E-state index contributed by atoms with van der Waals surface area (Å²) in [5, 5.41) is 83.4. The first-order chi connectivity index (χ1) is 22.5. The fourth-order valence-electron chi connectivity index (χ4n) is 5.31. The normalized spacial score (nSPS) is 30.9. The van der Waals surface area contributed by atoms with Gasteiger partial charge < -0.3 is 74.6 Å². The van der Waals surface area contributed by atoms with E-state index in [1.54, 1.807) is 0 Å². The number of phenolic OH excluding ortho intramolecular Hbond substituents is 2. The minimum absolute atomic E-state index is 0.129. The first-order valence-electron chi connectivity index (χ1n) is 15.5. The molecular formula is C30H47NO16. The molecule has 2 aliphatic heterocycles. The lowest BCUT2D eigenvalue weighted by Gasteiger charge is -2.47. The van der Waals surface area contributed by atoms with Crippen LogP contribution in [0.1, 0.15) is 50.5 Å². The molecule has 7 unspecified atom stereocenters. The quantitative estimate of drug-likeness (QED) is 0.0698. The van der Waals surface area contributed by atoms with Crippen molar-refractivity contribution in [2.75, 3.05) is 26.9 Å². The summed E-state index contributed by atoms with van der Waals surface area (Å²) in [6.45, 7) is -1.69. The molecule has 0 aliphatic carbocycles. The fraction of sp³-hybridized carbons (Fsp3) is 0.733. The number of aliphatic hydroxyl groups excluding tert-OH is 6. The Balaban J connectivity index is 1.70. The van der Waals surface area contributed by atoms with Gasteiger partial charge in [0.2, 0.25) is 0 Å². The minimum Gasteiger partial charge on any atom is -0.508 e. The largest absolute Gasteiger partial charge is 0.508 e. The number of carbonyl (C=O) groups excluding carboxylic acids is 2. The SMILES string of the molecule is COC(=O)CCCCCCCCO[C@@H]1OC(CO)[C@@H](O)C(OC2OC(CO)[C@H](O)C(O)C2O)C1NC(=O)OCc1cc(O)cc(O)c1. The van der Waals surface area contributed by atoms with E-state index >= 15 is 0 Å². The van der Waals surface area contributed by atoms with Crippen molar-refractivity contribution in [3.05, 3.63) is 23.8 Å². The number of benzene rings is 1. The zero-order valence-electron chi connectivity index (χ0n) is 26.1. The van der Waals surface area contributed by atoms with Gasteiger partial charge in [-0.15, -0.1) is 0 Å². The molecule has 268 valence electrons. The number of phenols is 2. The molecule has 0 spiro atoms. The lowest BCUT2D eigenvalue weighted by molar-refractivity contribution is -0.344. The van der Waals surface area contributed by atoms with Crippen LogP contribution in [0.15, 0.2) is 18.2 Å². The number of alkyl carbamates (subject to hydrolysis) is 1. The van der Waals surface area contributed by atoms with Gasteiger partial charge >= 0.3 is 12.1 Å². The van der Waals surface area contributed by atoms with Crippen LogP contribution in [-0.2, 0) is 39.8 Å². The van der Waals surface area contributed by atoms with Gasteiger partial charge in [-0.2, -0.15) is 0 Å². The maximum Gasteiger partial charge on any atom is 0.407 e. The Bertz CT molecular complexity index is 1090. The topological polar surface area (TPSA) is 263 Å². The van der Waals surface area contributed by atoms with E-state index in [1.807, 2.05) is 0 Å². The third kappa shape index (κ3) is 11.4. The first-order valence-corrected chi connectivity index (χ1v) is 15.5. The second-order valence-electron chi connectivity index (χ2n) is 11.4. The summed E-state index contributed by atoms with van der Waals surface area (Å²) in [5.74, 6) is -0.771. The van der Waals surface area contributed by atoms with Gasteiger partial charge in [-0.1, -0.05) is 25.7 Å². The summed E-state index contributed by atoms with van der Waals surface area (Å²) >= 11 is 0. The van der Waals surface area contributed by atoms with Crippen LogP contribution in [0.3, 0.4) is 0 Å². The van der Waals surface area contributed by atoms with E-state index in [2.05, 4.69) is 10.1 Å². The van der Waals surface area contributed by atoms with Gasteiger partial charge in [-0.3, -0.25) is 4.79 Å². The Kier molecular flexibility index (Phi) is 15.8. The maximum absolute atomic E-state index is 12.9. The highest BCUT2D eigenvalue weighted by molar-refractivity contribution is 5.69. The van der Waals surface area contributed by atoms with Crippen molar-refractivity contribution in [1.29, 1.82) is 0 Å². The maximum atomic E-state index is 12.9. The summed E-state index contributed by atoms with van der Waals surface area (Å²) in [6, 6.07) is 2.27. The number of esters is 1. The van der Waals surface area contributed by atoms with Crippen LogP contribution >= 0.6 is 0 Å². The van der Waals surface area contributed by atoms with E-state index in [0.717, 1.165) is 38.2 Å². The van der Waals surface area contributed by atoms with E-state index in [1.165, 1.54) is 19.2 Å². The van der Waals surface area contributed by atoms with Crippen LogP contribution in [0.25, 0.3) is 0 Å². The van der Waals surface area contributed by atoms with E-state index < -0.39 is 80.7 Å². The Hall–Kier alpha value is -2.84. The van der Waals surface area contributed by atoms with Crippen LogP contribution < -0.4 is 5.32 Å². The molecule has 1 amide bonds. The molecule has 1 aromatic rings. The predicted molar refractivity (Wildman–Crippen MR) is 158 cm³/mol. The van der Waals surface area contributed by atoms with E-state index in [-0.39, 0.29) is 36.2 Å². The molecule has 0 bridgehead atoms. The number of rotatable bonds is 17. The van der Waals surface area contributed by atoms with Crippen LogP contribution in [0.4, 0.5) is 4.79 Å². The zero-order chi connectivity index (χ0) is 34.5. The van der Waals surface area contributed by atoms with Crippen molar-refractivity contribution < 1.29 is 78.9 Å².